The number of ketones is 1. The van der Waals surface area contributed by atoms with E-state index in [-0.39, 0.29) is 17.2 Å². The molecule has 0 atom stereocenters. The lowest BCUT2D eigenvalue weighted by Crippen LogP contribution is -2.23. The van der Waals surface area contributed by atoms with E-state index in [4.69, 9.17) is 0 Å². The van der Waals surface area contributed by atoms with E-state index in [0.29, 0.717) is 22.2 Å². The Bertz CT molecular complexity index is 1030. The predicted molar refractivity (Wildman–Crippen MR) is 94.3 cm³/mol. The first kappa shape index (κ1) is 14.6. The highest BCUT2D eigenvalue weighted by molar-refractivity contribution is 6.13. The molecule has 2 heterocycles. The third-order valence-corrected chi connectivity index (χ3v) is 4.57. The topological polar surface area (TPSA) is 55.2 Å². The van der Waals surface area contributed by atoms with Gasteiger partial charge in [0.1, 0.15) is 0 Å². The number of fused-ring (bicyclic) bond motifs is 4. The lowest BCUT2D eigenvalue weighted by molar-refractivity contribution is 0.103. The highest BCUT2D eigenvalue weighted by Crippen LogP contribution is 2.30. The highest BCUT2D eigenvalue weighted by atomic mass is 16.1. The molecule has 0 radical (unpaired) electrons. The van der Waals surface area contributed by atoms with E-state index in [1.807, 2.05) is 24.3 Å². The van der Waals surface area contributed by atoms with E-state index in [1.54, 1.807) is 18.2 Å². The van der Waals surface area contributed by atoms with Gasteiger partial charge in [-0.05, 0) is 44.2 Å². The average molecular weight is 319 g/mol. The summed E-state index contributed by atoms with van der Waals surface area (Å²) in [7, 11) is 0. The minimum Gasteiger partial charge on any atom is -0.372 e. The quantitative estimate of drug-likeness (QED) is 0.583. The van der Waals surface area contributed by atoms with E-state index >= 15 is 0 Å². The maximum atomic E-state index is 12.9. The number of para-hydroxylation sites is 1. The molecule has 5 nitrogen and oxygen atoms in total. The molecule has 0 amide bonds. The zero-order valence-electron chi connectivity index (χ0n) is 13.6. The molecule has 1 aliphatic rings. The van der Waals surface area contributed by atoms with E-state index in [9.17, 15) is 9.59 Å². The number of carbonyl (C=O) groups is 1. The van der Waals surface area contributed by atoms with E-state index < -0.39 is 0 Å². The third-order valence-electron chi connectivity index (χ3n) is 4.57. The van der Waals surface area contributed by atoms with Crippen molar-refractivity contribution in [3.8, 4) is 5.69 Å². The molecule has 120 valence electrons. The van der Waals surface area contributed by atoms with Gasteiger partial charge in [-0.25, -0.2) is 4.98 Å². The number of nitrogens with zero attached hydrogens (tertiary/aromatic N) is 3. The van der Waals surface area contributed by atoms with Gasteiger partial charge in [0.2, 0.25) is 5.78 Å². The number of benzene rings is 2. The predicted octanol–water partition coefficient (Wildman–Crippen LogP) is 2.78. The Morgan fingerprint density at radius 3 is 2.54 bits per heavy atom. The maximum absolute atomic E-state index is 12.9. The van der Waals surface area contributed by atoms with Crippen LogP contribution >= 0.6 is 0 Å². The van der Waals surface area contributed by atoms with Crippen LogP contribution in [0.1, 0.15) is 30.0 Å². The standard InChI is InChI=1S/C19H17N3O2/c1-3-21(4-2)12-9-10-14-16(11-12)22-18(17(14)23)20-15-8-6-5-7-13(15)19(22)24/h5-11H,3-4H2,1-2H3. The number of hydrogen-bond donors (Lipinski definition) is 0. The molecule has 5 heteroatoms. The first-order valence-electron chi connectivity index (χ1n) is 8.11. The van der Waals surface area contributed by atoms with Gasteiger partial charge < -0.3 is 4.90 Å². The molecular formula is C19H17N3O2. The summed E-state index contributed by atoms with van der Waals surface area (Å²) in [4.78, 5) is 32.2. The van der Waals surface area contributed by atoms with Gasteiger partial charge in [-0.2, -0.15) is 0 Å². The smallest absolute Gasteiger partial charge is 0.266 e. The van der Waals surface area contributed by atoms with Gasteiger partial charge in [-0.3, -0.25) is 14.2 Å². The van der Waals surface area contributed by atoms with Gasteiger partial charge in [0.25, 0.3) is 5.56 Å². The van der Waals surface area contributed by atoms with Crippen molar-refractivity contribution in [1.82, 2.24) is 9.55 Å². The van der Waals surface area contributed by atoms with Gasteiger partial charge in [-0.1, -0.05) is 12.1 Å². The summed E-state index contributed by atoms with van der Waals surface area (Å²) in [5, 5.41) is 0.523. The van der Waals surface area contributed by atoms with Crippen molar-refractivity contribution in [1.29, 1.82) is 0 Å². The normalized spacial score (nSPS) is 12.3. The second-order valence-corrected chi connectivity index (χ2v) is 5.80. The highest BCUT2D eigenvalue weighted by Gasteiger charge is 2.30. The van der Waals surface area contributed by atoms with Crippen LogP contribution in [0.2, 0.25) is 0 Å². The number of anilines is 1. The summed E-state index contributed by atoms with van der Waals surface area (Å²) in [6.07, 6.45) is 0. The van der Waals surface area contributed by atoms with Crippen molar-refractivity contribution in [2.45, 2.75) is 13.8 Å². The Kier molecular flexibility index (Phi) is 3.23. The second-order valence-electron chi connectivity index (χ2n) is 5.80. The van der Waals surface area contributed by atoms with E-state index in [0.717, 1.165) is 18.8 Å². The summed E-state index contributed by atoms with van der Waals surface area (Å²) >= 11 is 0. The molecule has 1 aromatic heterocycles. The molecule has 0 saturated heterocycles. The fourth-order valence-corrected chi connectivity index (χ4v) is 3.31. The molecule has 24 heavy (non-hydrogen) atoms. The number of aromatic nitrogens is 2. The monoisotopic (exact) mass is 319 g/mol. The molecule has 1 aliphatic heterocycles. The van der Waals surface area contributed by atoms with Crippen LogP contribution in [0.3, 0.4) is 0 Å². The maximum Gasteiger partial charge on any atom is 0.266 e. The molecule has 0 unspecified atom stereocenters. The van der Waals surface area contributed by atoms with Crippen molar-refractivity contribution in [3.63, 3.8) is 0 Å². The third kappa shape index (κ3) is 1.91. The van der Waals surface area contributed by atoms with Gasteiger partial charge in [-0.15, -0.1) is 0 Å². The number of rotatable bonds is 3. The van der Waals surface area contributed by atoms with Crippen molar-refractivity contribution in [2.24, 2.45) is 0 Å². The minimum absolute atomic E-state index is 0.195. The molecule has 0 fully saturated rings. The van der Waals surface area contributed by atoms with Crippen LogP contribution < -0.4 is 10.5 Å². The Morgan fingerprint density at radius 1 is 1.04 bits per heavy atom. The van der Waals surface area contributed by atoms with Crippen molar-refractivity contribution >= 4 is 22.4 Å². The van der Waals surface area contributed by atoms with Gasteiger partial charge in [0.15, 0.2) is 5.82 Å². The Morgan fingerprint density at radius 2 is 1.79 bits per heavy atom. The Hall–Kier alpha value is -2.95. The largest absolute Gasteiger partial charge is 0.372 e. The fraction of sp³-hybridized carbons (Fsp3) is 0.211. The summed E-state index contributed by atoms with van der Waals surface area (Å²) in [5.74, 6) is 0.00402. The molecule has 4 rings (SSSR count). The van der Waals surface area contributed by atoms with Crippen LogP contribution in [0.5, 0.6) is 0 Å². The second kappa shape index (κ2) is 5.30. The van der Waals surface area contributed by atoms with Crippen molar-refractivity contribution in [2.75, 3.05) is 18.0 Å². The number of carbonyl (C=O) groups excluding carboxylic acids is 1. The zero-order valence-corrected chi connectivity index (χ0v) is 13.6. The summed E-state index contributed by atoms with van der Waals surface area (Å²) < 4.78 is 1.45. The molecule has 2 aromatic carbocycles. The van der Waals surface area contributed by atoms with Gasteiger partial charge >= 0.3 is 0 Å². The summed E-state index contributed by atoms with van der Waals surface area (Å²) in [6.45, 7) is 5.88. The van der Waals surface area contributed by atoms with Crippen LogP contribution in [-0.4, -0.2) is 28.4 Å². The van der Waals surface area contributed by atoms with Gasteiger partial charge in [0.05, 0.1) is 22.2 Å². The summed E-state index contributed by atoms with van der Waals surface area (Å²) in [5.41, 5.74) is 2.52. The first-order valence-corrected chi connectivity index (χ1v) is 8.11. The number of hydrogen-bond acceptors (Lipinski definition) is 4. The van der Waals surface area contributed by atoms with Crippen molar-refractivity contribution < 1.29 is 4.79 Å². The lowest BCUT2D eigenvalue weighted by atomic mass is 10.1. The van der Waals surface area contributed by atoms with Crippen LogP contribution in [0.4, 0.5) is 5.69 Å². The molecule has 0 saturated carbocycles. The Balaban J connectivity index is 2.02. The van der Waals surface area contributed by atoms with Crippen LogP contribution in [0.15, 0.2) is 47.3 Å². The molecular weight excluding hydrogens is 302 g/mol. The lowest BCUT2D eigenvalue weighted by Gasteiger charge is -2.21. The van der Waals surface area contributed by atoms with Crippen LogP contribution in [-0.2, 0) is 0 Å². The van der Waals surface area contributed by atoms with Crippen LogP contribution in [0.25, 0.3) is 16.6 Å². The molecule has 0 bridgehead atoms. The minimum atomic E-state index is -0.195. The Labute approximate surface area is 139 Å². The average Bonchev–Trinajstić information content (AvgIpc) is 2.89. The van der Waals surface area contributed by atoms with Crippen LogP contribution in [0, 0.1) is 0 Å². The van der Waals surface area contributed by atoms with Gasteiger partial charge in [0, 0.05) is 18.8 Å². The molecule has 3 aromatic rings. The van der Waals surface area contributed by atoms with Crippen molar-refractivity contribution in [3.05, 3.63) is 64.2 Å². The molecule has 0 aliphatic carbocycles. The molecule has 0 spiro atoms. The first-order chi connectivity index (χ1) is 11.7. The molecule has 0 N–H and O–H groups in total. The fourth-order valence-electron chi connectivity index (χ4n) is 3.31. The summed E-state index contributed by atoms with van der Waals surface area (Å²) in [6, 6.07) is 12.8. The van der Waals surface area contributed by atoms with E-state index in [1.165, 1.54) is 4.57 Å². The van der Waals surface area contributed by atoms with E-state index in [2.05, 4.69) is 23.7 Å². The SMILES string of the molecule is CCN(CC)c1ccc2c(c1)-n1c(nc3ccccc3c1=O)C2=O. The zero-order chi connectivity index (χ0) is 16.8.